The Kier molecular flexibility index (Phi) is 18.5. The van der Waals surface area contributed by atoms with Gasteiger partial charge in [0.05, 0.1) is 12.2 Å². The number of unbranched alkanes of at least 4 members (excludes halogenated alkanes) is 8. The Labute approximate surface area is 353 Å². The molecule has 4 saturated carbocycles. The number of halogens is 6. The van der Waals surface area contributed by atoms with Crippen LogP contribution in [0.25, 0.3) is 0 Å². The van der Waals surface area contributed by atoms with E-state index in [0.717, 1.165) is 75.3 Å². The third-order valence-electron chi connectivity index (χ3n) is 16.1. The summed E-state index contributed by atoms with van der Waals surface area (Å²) in [5.74, 6) is -4.52. The molecule has 2 aromatic rings. The Morgan fingerprint density at radius 2 is 0.729 bits per heavy atom. The van der Waals surface area contributed by atoms with Crippen molar-refractivity contribution in [3.05, 3.63) is 70.3 Å². The summed E-state index contributed by atoms with van der Waals surface area (Å²) in [4.78, 5) is 0. The molecule has 0 bridgehead atoms. The molecule has 59 heavy (non-hydrogen) atoms. The van der Waals surface area contributed by atoms with Crippen molar-refractivity contribution in [2.24, 2.45) is 47.3 Å². The van der Waals surface area contributed by atoms with E-state index in [1.54, 1.807) is 0 Å². The molecule has 0 spiro atoms. The second-order valence-electron chi connectivity index (χ2n) is 19.8. The van der Waals surface area contributed by atoms with E-state index in [-0.39, 0.29) is 23.0 Å². The van der Waals surface area contributed by atoms with Crippen molar-refractivity contribution < 1.29 is 31.1 Å². The largest absolute Gasteiger partial charge is 0.365 e. The molecule has 4 fully saturated rings. The maximum atomic E-state index is 15.8. The molecule has 332 valence electrons. The van der Waals surface area contributed by atoms with Crippen LogP contribution in [0.15, 0.2) is 24.3 Å². The zero-order valence-corrected chi connectivity index (χ0v) is 36.6. The molecule has 0 saturated heterocycles. The van der Waals surface area contributed by atoms with Gasteiger partial charge in [0.15, 0.2) is 34.9 Å². The quantitative estimate of drug-likeness (QED) is 0.0734. The maximum absolute atomic E-state index is 15.8. The van der Waals surface area contributed by atoms with Crippen molar-refractivity contribution in [2.75, 3.05) is 0 Å². The molecule has 0 heterocycles. The normalized spacial score (nSPS) is 29.0. The third kappa shape index (κ3) is 12.6. The second kappa shape index (κ2) is 23.4. The number of benzene rings is 2. The summed E-state index contributed by atoms with van der Waals surface area (Å²) in [6.07, 6.45) is 30.7. The first kappa shape index (κ1) is 46.5. The summed E-state index contributed by atoms with van der Waals surface area (Å²) in [5, 5.41) is 0. The third-order valence-corrected chi connectivity index (χ3v) is 16.1. The Hall–Kier alpha value is -2.02. The Bertz CT molecular complexity index is 1420. The minimum absolute atomic E-state index is 0.0735. The summed E-state index contributed by atoms with van der Waals surface area (Å²) in [7, 11) is 0. The Morgan fingerprint density at radius 3 is 1.07 bits per heavy atom. The fraction of sp³-hybridized carbons (Fsp3) is 0.769. The lowest BCUT2D eigenvalue weighted by Gasteiger charge is -2.43. The van der Waals surface area contributed by atoms with Crippen LogP contribution in [0.3, 0.4) is 0 Å². The van der Waals surface area contributed by atoms with E-state index in [1.165, 1.54) is 141 Å². The van der Waals surface area contributed by atoms with Gasteiger partial charge in [-0.25, -0.2) is 26.3 Å². The van der Waals surface area contributed by atoms with E-state index < -0.39 is 47.1 Å². The number of rotatable bonds is 20. The smallest absolute Gasteiger partial charge is 0.194 e. The van der Waals surface area contributed by atoms with E-state index in [9.17, 15) is 17.6 Å². The summed E-state index contributed by atoms with van der Waals surface area (Å²) >= 11 is 0. The van der Waals surface area contributed by atoms with Crippen molar-refractivity contribution in [1.82, 2.24) is 0 Å². The van der Waals surface area contributed by atoms with E-state index in [0.29, 0.717) is 23.7 Å². The van der Waals surface area contributed by atoms with Crippen LogP contribution in [0.1, 0.15) is 217 Å². The van der Waals surface area contributed by atoms with Gasteiger partial charge in [-0.15, -0.1) is 0 Å². The first-order chi connectivity index (χ1) is 28.7. The van der Waals surface area contributed by atoms with Gasteiger partial charge >= 0.3 is 0 Å². The van der Waals surface area contributed by atoms with Crippen LogP contribution >= 0.6 is 0 Å². The average Bonchev–Trinajstić information content (AvgIpc) is 3.26. The van der Waals surface area contributed by atoms with Crippen molar-refractivity contribution in [3.63, 3.8) is 0 Å². The van der Waals surface area contributed by atoms with Crippen molar-refractivity contribution >= 4 is 0 Å². The second-order valence-corrected chi connectivity index (χ2v) is 19.8. The number of ether oxygens (including phenoxy) is 1. The van der Waals surface area contributed by atoms with Gasteiger partial charge in [0.25, 0.3) is 0 Å². The van der Waals surface area contributed by atoms with Crippen LogP contribution in [0.4, 0.5) is 26.3 Å². The molecule has 0 aliphatic heterocycles. The molecule has 0 amide bonds. The molecule has 4 aliphatic carbocycles. The van der Waals surface area contributed by atoms with Crippen molar-refractivity contribution in [1.29, 1.82) is 0 Å². The van der Waals surface area contributed by atoms with Gasteiger partial charge in [-0.3, -0.25) is 0 Å². The first-order valence-electron chi connectivity index (χ1n) is 24.6. The van der Waals surface area contributed by atoms with Gasteiger partial charge in [-0.1, -0.05) is 129 Å². The summed E-state index contributed by atoms with van der Waals surface area (Å²) in [5.41, 5.74) is -0.147. The zero-order chi connectivity index (χ0) is 41.7. The van der Waals surface area contributed by atoms with Crippen LogP contribution in [0.2, 0.25) is 0 Å². The lowest BCUT2D eigenvalue weighted by Crippen LogP contribution is -2.32. The summed E-state index contributed by atoms with van der Waals surface area (Å²) < 4.78 is 97.2. The lowest BCUT2D eigenvalue weighted by molar-refractivity contribution is -0.0963. The van der Waals surface area contributed by atoms with Gasteiger partial charge < -0.3 is 4.74 Å². The van der Waals surface area contributed by atoms with Crippen LogP contribution in [-0.4, -0.2) is 0 Å². The molecular weight excluding hydrogens is 755 g/mol. The molecule has 7 heteroatoms. The predicted octanol–water partition coefficient (Wildman–Crippen LogP) is 17.3. The molecular formula is C52H76F6O. The highest BCUT2D eigenvalue weighted by atomic mass is 19.2. The monoisotopic (exact) mass is 831 g/mol. The predicted molar refractivity (Wildman–Crippen MR) is 228 cm³/mol. The van der Waals surface area contributed by atoms with Gasteiger partial charge in [0.1, 0.15) is 0 Å². The number of hydrogen-bond acceptors (Lipinski definition) is 1. The highest BCUT2D eigenvalue weighted by molar-refractivity contribution is 5.26. The van der Waals surface area contributed by atoms with E-state index in [2.05, 4.69) is 13.8 Å². The Balaban J connectivity index is 1.12. The van der Waals surface area contributed by atoms with Gasteiger partial charge in [-0.2, -0.15) is 0 Å². The molecule has 2 aromatic carbocycles. The molecule has 2 atom stereocenters. The molecule has 0 aromatic heterocycles. The van der Waals surface area contributed by atoms with E-state index in [1.807, 2.05) is 0 Å². The van der Waals surface area contributed by atoms with Crippen LogP contribution in [-0.2, 0) is 4.74 Å². The standard InChI is InChI=1S/C52H76F6O/c1-3-5-7-9-11-13-35-15-19-37(20-16-35)39-23-27-41(28-24-39)51(43-31-33-45(53)49(57)47(43)55)59-52(44-32-34-46(54)50(58)48(44)56)42-29-25-40(26-30-42)38-21-17-36(18-22-38)14-12-10-8-6-4-2/h31-42,51-52H,3-30H2,1-2H3/t35-,36-,37-,38-,39-,40-,41-,42-,51?,52?. The summed E-state index contributed by atoms with van der Waals surface area (Å²) in [6, 6.07) is 4.42. The van der Waals surface area contributed by atoms with Gasteiger partial charge in [0.2, 0.25) is 0 Å². The van der Waals surface area contributed by atoms with E-state index >= 15 is 8.78 Å². The maximum Gasteiger partial charge on any atom is 0.194 e. The fourth-order valence-corrected chi connectivity index (χ4v) is 12.4. The fourth-order valence-electron chi connectivity index (χ4n) is 12.4. The van der Waals surface area contributed by atoms with Crippen LogP contribution in [0.5, 0.6) is 0 Å². The number of hydrogen-bond donors (Lipinski definition) is 0. The molecule has 2 unspecified atom stereocenters. The molecule has 6 rings (SSSR count). The van der Waals surface area contributed by atoms with Gasteiger partial charge in [0, 0.05) is 11.1 Å². The zero-order valence-electron chi connectivity index (χ0n) is 36.6. The SMILES string of the molecule is CCCCCCC[C@H]1CC[C@H]([C@H]2CC[C@H](C(OC(c3ccc(F)c(F)c3F)[C@H]3CC[C@H]([C@H]4CC[C@H](CCCCCCC)CC4)CC3)c3ccc(F)c(F)c3F)CC2)CC1. The van der Waals surface area contributed by atoms with Gasteiger partial charge in [-0.05, 0) is 137 Å². The first-order valence-corrected chi connectivity index (χ1v) is 24.6. The molecule has 0 radical (unpaired) electrons. The topological polar surface area (TPSA) is 9.23 Å². The average molecular weight is 831 g/mol. The van der Waals surface area contributed by atoms with Crippen molar-refractivity contribution in [3.8, 4) is 0 Å². The molecule has 0 N–H and O–H groups in total. The highest BCUT2D eigenvalue weighted by Gasteiger charge is 2.41. The molecule has 1 nitrogen and oxygen atoms in total. The van der Waals surface area contributed by atoms with E-state index in [4.69, 9.17) is 4.74 Å². The lowest BCUT2D eigenvalue weighted by atomic mass is 9.67. The van der Waals surface area contributed by atoms with Crippen molar-refractivity contribution in [2.45, 2.75) is 206 Å². The molecule has 4 aliphatic rings. The summed E-state index contributed by atoms with van der Waals surface area (Å²) in [6.45, 7) is 4.51. The highest BCUT2D eigenvalue weighted by Crippen LogP contribution is 2.51. The van der Waals surface area contributed by atoms with Crippen LogP contribution < -0.4 is 0 Å². The minimum atomic E-state index is -1.55. The Morgan fingerprint density at radius 1 is 0.407 bits per heavy atom. The minimum Gasteiger partial charge on any atom is -0.365 e. The van der Waals surface area contributed by atoms with Crippen LogP contribution in [0, 0.1) is 82.2 Å².